The summed E-state index contributed by atoms with van der Waals surface area (Å²) in [5.74, 6) is -0.219. The highest BCUT2D eigenvalue weighted by Crippen LogP contribution is 2.25. The number of anilines is 1. The van der Waals surface area contributed by atoms with Crippen LogP contribution in [0.25, 0.3) is 0 Å². The predicted molar refractivity (Wildman–Crippen MR) is 122 cm³/mol. The molecule has 0 atom stereocenters. The van der Waals surface area contributed by atoms with Gasteiger partial charge in [0, 0.05) is 43.2 Å². The van der Waals surface area contributed by atoms with Crippen molar-refractivity contribution in [2.45, 2.75) is 24.3 Å². The van der Waals surface area contributed by atoms with Crippen LogP contribution in [0.2, 0.25) is 0 Å². The molecule has 1 amide bonds. The molecule has 0 aliphatic carbocycles. The Balaban J connectivity index is 1.31. The van der Waals surface area contributed by atoms with Gasteiger partial charge in [0.2, 0.25) is 15.9 Å². The third-order valence-electron chi connectivity index (χ3n) is 5.49. The Labute approximate surface area is 192 Å². The molecule has 0 radical (unpaired) electrons. The van der Waals surface area contributed by atoms with E-state index in [2.05, 4.69) is 10.3 Å². The standard InChI is InChI=1S/C24H24FN3O4S/c25-20-5-1-4-18(14-20)17-32-22-7-2-6-21(15-22)27-24(29)19-9-12-28(13-10-19)33(30,31)23-8-3-11-26-16-23/h1-8,11,14-16,19H,9-10,12-13,17H2,(H,27,29). The minimum absolute atomic E-state index is 0.156. The SMILES string of the molecule is O=C(Nc1cccc(OCc2cccc(F)c2)c1)C1CCN(S(=O)(=O)c2cccnc2)CC1. The Bertz CT molecular complexity index is 1210. The molecule has 1 aliphatic rings. The van der Waals surface area contributed by atoms with E-state index in [1.165, 1.54) is 34.9 Å². The van der Waals surface area contributed by atoms with Crippen LogP contribution in [-0.4, -0.2) is 36.7 Å². The molecule has 0 saturated carbocycles. The second-order valence-electron chi connectivity index (χ2n) is 7.80. The number of hydrogen-bond donors (Lipinski definition) is 1. The van der Waals surface area contributed by atoms with E-state index in [1.54, 1.807) is 42.5 Å². The van der Waals surface area contributed by atoms with Crippen molar-refractivity contribution in [2.24, 2.45) is 5.92 Å². The average Bonchev–Trinajstić information content (AvgIpc) is 2.84. The van der Waals surface area contributed by atoms with E-state index >= 15 is 0 Å². The van der Waals surface area contributed by atoms with Crippen LogP contribution in [0.4, 0.5) is 10.1 Å². The van der Waals surface area contributed by atoms with Crippen molar-refractivity contribution in [2.75, 3.05) is 18.4 Å². The molecule has 2 aromatic carbocycles. The van der Waals surface area contributed by atoms with Crippen LogP contribution >= 0.6 is 0 Å². The van der Waals surface area contributed by atoms with Crippen molar-refractivity contribution in [3.05, 3.63) is 84.4 Å². The summed E-state index contributed by atoms with van der Waals surface area (Å²) < 4.78 is 45.9. The van der Waals surface area contributed by atoms with E-state index in [1.807, 2.05) is 0 Å². The maximum absolute atomic E-state index is 13.3. The van der Waals surface area contributed by atoms with E-state index in [0.29, 0.717) is 29.8 Å². The van der Waals surface area contributed by atoms with Gasteiger partial charge >= 0.3 is 0 Å². The monoisotopic (exact) mass is 469 g/mol. The van der Waals surface area contributed by atoms with Gasteiger partial charge in [-0.2, -0.15) is 4.31 Å². The normalized spacial score (nSPS) is 15.2. The minimum atomic E-state index is -3.61. The van der Waals surface area contributed by atoms with Gasteiger partial charge in [0.25, 0.3) is 0 Å². The summed E-state index contributed by atoms with van der Waals surface area (Å²) in [5, 5.41) is 2.89. The third-order valence-corrected chi connectivity index (χ3v) is 7.38. The Morgan fingerprint density at radius 3 is 2.61 bits per heavy atom. The molecule has 7 nitrogen and oxygen atoms in total. The average molecular weight is 470 g/mol. The number of ether oxygens (including phenoxy) is 1. The number of benzene rings is 2. The van der Waals surface area contributed by atoms with Gasteiger partial charge in [0.05, 0.1) is 0 Å². The number of halogens is 1. The Morgan fingerprint density at radius 2 is 1.88 bits per heavy atom. The van der Waals surface area contributed by atoms with Crippen molar-refractivity contribution < 1.29 is 22.3 Å². The molecule has 9 heteroatoms. The number of carbonyl (C=O) groups is 1. The fourth-order valence-corrected chi connectivity index (χ4v) is 5.14. The molecule has 2 heterocycles. The summed E-state index contributed by atoms with van der Waals surface area (Å²) in [6.45, 7) is 0.747. The number of rotatable bonds is 7. The van der Waals surface area contributed by atoms with Crippen LogP contribution in [0.5, 0.6) is 5.75 Å². The van der Waals surface area contributed by atoms with Crippen molar-refractivity contribution in [3.63, 3.8) is 0 Å². The summed E-state index contributed by atoms with van der Waals surface area (Å²) in [6, 6.07) is 16.3. The van der Waals surface area contributed by atoms with E-state index in [9.17, 15) is 17.6 Å². The molecule has 0 bridgehead atoms. The van der Waals surface area contributed by atoms with E-state index < -0.39 is 10.0 Å². The van der Waals surface area contributed by atoms with Gasteiger partial charge in [-0.3, -0.25) is 9.78 Å². The van der Waals surface area contributed by atoms with Crippen molar-refractivity contribution in [1.82, 2.24) is 9.29 Å². The molecule has 1 fully saturated rings. The summed E-state index contributed by atoms with van der Waals surface area (Å²) in [7, 11) is -3.61. The van der Waals surface area contributed by atoms with Crippen molar-refractivity contribution >= 4 is 21.6 Å². The lowest BCUT2D eigenvalue weighted by atomic mass is 9.97. The van der Waals surface area contributed by atoms with E-state index in [-0.39, 0.29) is 42.2 Å². The summed E-state index contributed by atoms with van der Waals surface area (Å²) in [6.07, 6.45) is 3.72. The van der Waals surface area contributed by atoms with E-state index in [4.69, 9.17) is 4.74 Å². The third kappa shape index (κ3) is 5.74. The lowest BCUT2D eigenvalue weighted by Gasteiger charge is -2.30. The predicted octanol–water partition coefficient (Wildman–Crippen LogP) is 3.84. The van der Waals surface area contributed by atoms with Gasteiger partial charge in [-0.15, -0.1) is 0 Å². The number of sulfonamides is 1. The van der Waals surface area contributed by atoms with Crippen LogP contribution in [0, 0.1) is 11.7 Å². The number of hydrogen-bond acceptors (Lipinski definition) is 5. The fourth-order valence-electron chi connectivity index (χ4n) is 3.71. The molecule has 0 spiro atoms. The first-order valence-corrected chi connectivity index (χ1v) is 12.0. The molecule has 1 N–H and O–H groups in total. The van der Waals surface area contributed by atoms with Crippen molar-refractivity contribution in [1.29, 1.82) is 0 Å². The first kappa shape index (κ1) is 22.9. The molecule has 1 aliphatic heterocycles. The molecule has 172 valence electrons. The molecule has 3 aromatic rings. The highest BCUT2D eigenvalue weighted by Gasteiger charge is 2.32. The zero-order chi connectivity index (χ0) is 23.3. The van der Waals surface area contributed by atoms with Crippen LogP contribution in [0.1, 0.15) is 18.4 Å². The summed E-state index contributed by atoms with van der Waals surface area (Å²) in [5.41, 5.74) is 1.29. The Kier molecular flexibility index (Phi) is 7.00. The largest absolute Gasteiger partial charge is 0.489 e. The van der Waals surface area contributed by atoms with Gasteiger partial charge in [0.15, 0.2) is 0 Å². The maximum Gasteiger partial charge on any atom is 0.244 e. The van der Waals surface area contributed by atoms with E-state index in [0.717, 1.165) is 0 Å². The first-order valence-electron chi connectivity index (χ1n) is 10.6. The maximum atomic E-state index is 13.3. The molecule has 4 rings (SSSR count). The quantitative estimate of drug-likeness (QED) is 0.568. The van der Waals surface area contributed by atoms with Gasteiger partial charge < -0.3 is 10.1 Å². The lowest BCUT2D eigenvalue weighted by molar-refractivity contribution is -0.120. The number of pyridine rings is 1. The summed E-state index contributed by atoms with van der Waals surface area (Å²) in [4.78, 5) is 16.8. The second-order valence-corrected chi connectivity index (χ2v) is 9.74. The number of amides is 1. The van der Waals surface area contributed by atoms with Gasteiger partial charge in [-0.25, -0.2) is 12.8 Å². The minimum Gasteiger partial charge on any atom is -0.489 e. The molecule has 0 unspecified atom stereocenters. The molecular formula is C24H24FN3O4S. The smallest absolute Gasteiger partial charge is 0.244 e. The molecular weight excluding hydrogens is 445 g/mol. The zero-order valence-corrected chi connectivity index (χ0v) is 18.7. The van der Waals surface area contributed by atoms with Crippen LogP contribution < -0.4 is 10.1 Å². The molecule has 1 saturated heterocycles. The highest BCUT2D eigenvalue weighted by molar-refractivity contribution is 7.89. The number of aromatic nitrogens is 1. The van der Waals surface area contributed by atoms with Crippen LogP contribution in [0.15, 0.2) is 78.0 Å². The van der Waals surface area contributed by atoms with Gasteiger partial charge in [0.1, 0.15) is 23.1 Å². The van der Waals surface area contributed by atoms with Gasteiger partial charge in [-0.1, -0.05) is 18.2 Å². The molecule has 33 heavy (non-hydrogen) atoms. The molecule has 1 aromatic heterocycles. The number of piperidine rings is 1. The number of nitrogens with one attached hydrogen (secondary N) is 1. The highest BCUT2D eigenvalue weighted by atomic mass is 32.2. The Morgan fingerprint density at radius 1 is 1.09 bits per heavy atom. The lowest BCUT2D eigenvalue weighted by Crippen LogP contribution is -2.41. The van der Waals surface area contributed by atoms with Crippen LogP contribution in [0.3, 0.4) is 0 Å². The topological polar surface area (TPSA) is 88.6 Å². The number of nitrogens with zero attached hydrogens (tertiary/aromatic N) is 2. The van der Waals surface area contributed by atoms with Gasteiger partial charge in [-0.05, 0) is 54.8 Å². The zero-order valence-electron chi connectivity index (χ0n) is 17.9. The number of carbonyl (C=O) groups excluding carboxylic acids is 1. The fraction of sp³-hybridized carbons (Fsp3) is 0.250. The summed E-state index contributed by atoms with van der Waals surface area (Å²) >= 11 is 0. The van der Waals surface area contributed by atoms with Crippen LogP contribution in [-0.2, 0) is 21.4 Å². The second kappa shape index (κ2) is 10.1. The van der Waals surface area contributed by atoms with Crippen molar-refractivity contribution in [3.8, 4) is 5.75 Å². The Hall–Kier alpha value is -3.30. The first-order chi connectivity index (χ1) is 15.9.